The van der Waals surface area contributed by atoms with E-state index in [2.05, 4.69) is 10.4 Å². The fourth-order valence-electron chi connectivity index (χ4n) is 1.14. The Morgan fingerprint density at radius 1 is 1.55 bits per heavy atom. The van der Waals surface area contributed by atoms with Crippen LogP contribution in [0.15, 0.2) is 18.3 Å². The number of pyridine rings is 1. The predicted molar refractivity (Wildman–Crippen MR) is 44.0 cm³/mol. The van der Waals surface area contributed by atoms with Crippen molar-refractivity contribution in [1.29, 1.82) is 0 Å². The molecule has 0 atom stereocenters. The van der Waals surface area contributed by atoms with Crippen molar-refractivity contribution >= 4 is 5.69 Å². The molecule has 0 unspecified atom stereocenters. The Bertz CT molecular complexity index is 255. The Balaban J connectivity index is 2.26. The van der Waals surface area contributed by atoms with Crippen molar-refractivity contribution in [2.24, 2.45) is 5.84 Å². The summed E-state index contributed by atoms with van der Waals surface area (Å²) in [5.74, 6) is 5.96. The molecule has 1 saturated carbocycles. The number of nitrogens with one attached hydrogen (secondary N) is 1. The van der Waals surface area contributed by atoms with Gasteiger partial charge in [-0.1, -0.05) is 0 Å². The van der Waals surface area contributed by atoms with Gasteiger partial charge in [0, 0.05) is 17.8 Å². The summed E-state index contributed by atoms with van der Waals surface area (Å²) < 4.78 is 0. The minimum absolute atomic E-state index is 0.697. The summed E-state index contributed by atoms with van der Waals surface area (Å²) in [4.78, 5) is 4.25. The molecule has 3 nitrogen and oxygen atoms in total. The second-order valence-corrected chi connectivity index (χ2v) is 2.89. The van der Waals surface area contributed by atoms with E-state index < -0.39 is 0 Å². The van der Waals surface area contributed by atoms with Gasteiger partial charge in [-0.15, -0.1) is 0 Å². The molecule has 1 fully saturated rings. The molecule has 58 valence electrons. The molecule has 1 aliphatic rings. The van der Waals surface area contributed by atoms with Crippen LogP contribution < -0.4 is 11.3 Å². The molecule has 2 rings (SSSR count). The SMILES string of the molecule is NNc1ccnc(C2CC2)c1. The van der Waals surface area contributed by atoms with Gasteiger partial charge < -0.3 is 5.43 Å². The Hall–Kier alpha value is -1.09. The molecule has 1 aromatic rings. The van der Waals surface area contributed by atoms with E-state index >= 15 is 0 Å². The average Bonchev–Trinajstić information content (AvgIpc) is 2.87. The summed E-state index contributed by atoms with van der Waals surface area (Å²) in [6.45, 7) is 0. The first kappa shape index (κ1) is 6.61. The molecule has 1 aliphatic carbocycles. The molecule has 0 spiro atoms. The number of hydrogen-bond acceptors (Lipinski definition) is 3. The van der Waals surface area contributed by atoms with E-state index in [-0.39, 0.29) is 0 Å². The summed E-state index contributed by atoms with van der Waals surface area (Å²) in [5.41, 5.74) is 4.72. The third-order valence-corrected chi connectivity index (χ3v) is 1.94. The molecular formula is C8H11N3. The highest BCUT2D eigenvalue weighted by atomic mass is 15.2. The lowest BCUT2D eigenvalue weighted by Crippen LogP contribution is -2.06. The van der Waals surface area contributed by atoms with Crippen LogP contribution in [0.5, 0.6) is 0 Å². The van der Waals surface area contributed by atoms with Gasteiger partial charge in [-0.2, -0.15) is 0 Å². The Morgan fingerprint density at radius 3 is 3.00 bits per heavy atom. The monoisotopic (exact) mass is 149 g/mol. The zero-order chi connectivity index (χ0) is 7.68. The third-order valence-electron chi connectivity index (χ3n) is 1.94. The maximum atomic E-state index is 5.26. The zero-order valence-electron chi connectivity index (χ0n) is 6.25. The first-order valence-corrected chi connectivity index (χ1v) is 3.83. The molecule has 1 aromatic heterocycles. The third kappa shape index (κ3) is 1.33. The number of nitrogens with zero attached hydrogens (tertiary/aromatic N) is 1. The van der Waals surface area contributed by atoms with Gasteiger partial charge in [0.1, 0.15) is 0 Å². The van der Waals surface area contributed by atoms with Crippen molar-refractivity contribution < 1.29 is 0 Å². The predicted octanol–water partition coefficient (Wildman–Crippen LogP) is 1.24. The number of anilines is 1. The second-order valence-electron chi connectivity index (χ2n) is 2.89. The molecule has 0 saturated heterocycles. The molecule has 3 heteroatoms. The summed E-state index contributed by atoms with van der Waals surface area (Å²) in [6, 6.07) is 3.88. The standard InChI is InChI=1S/C8H11N3/c9-11-7-3-4-10-8(5-7)6-1-2-6/h3-6H,1-2,9H2,(H,10,11). The van der Waals surface area contributed by atoms with Crippen molar-refractivity contribution in [3.63, 3.8) is 0 Å². The van der Waals surface area contributed by atoms with Crippen molar-refractivity contribution in [1.82, 2.24) is 4.98 Å². The van der Waals surface area contributed by atoms with Gasteiger partial charge in [-0.25, -0.2) is 0 Å². The first-order valence-electron chi connectivity index (χ1n) is 3.83. The molecule has 0 amide bonds. The molecule has 1 heterocycles. The molecule has 0 radical (unpaired) electrons. The Kier molecular flexibility index (Phi) is 1.51. The van der Waals surface area contributed by atoms with Gasteiger partial charge in [-0.05, 0) is 25.0 Å². The highest BCUT2D eigenvalue weighted by Crippen LogP contribution is 2.39. The molecular weight excluding hydrogens is 138 g/mol. The van der Waals surface area contributed by atoms with Crippen LogP contribution in [0.2, 0.25) is 0 Å². The highest BCUT2D eigenvalue weighted by Gasteiger charge is 2.24. The second kappa shape index (κ2) is 2.51. The molecule has 0 aromatic carbocycles. The van der Waals surface area contributed by atoms with E-state index in [1.54, 1.807) is 6.20 Å². The fraction of sp³-hybridized carbons (Fsp3) is 0.375. The van der Waals surface area contributed by atoms with Gasteiger partial charge in [0.05, 0.1) is 5.69 Å². The molecule has 0 bridgehead atoms. The van der Waals surface area contributed by atoms with E-state index in [0.717, 1.165) is 5.69 Å². The largest absolute Gasteiger partial charge is 0.324 e. The van der Waals surface area contributed by atoms with Gasteiger partial charge in [-0.3, -0.25) is 10.8 Å². The summed E-state index contributed by atoms with van der Waals surface area (Å²) in [5, 5.41) is 0. The number of nitrogen functional groups attached to an aromatic ring is 1. The lowest BCUT2D eigenvalue weighted by molar-refractivity contribution is 1.02. The topological polar surface area (TPSA) is 50.9 Å². The minimum atomic E-state index is 0.697. The van der Waals surface area contributed by atoms with Gasteiger partial charge in [0.15, 0.2) is 0 Å². The Morgan fingerprint density at radius 2 is 2.36 bits per heavy atom. The smallest absolute Gasteiger partial charge is 0.0518 e. The Labute approximate surface area is 65.6 Å². The minimum Gasteiger partial charge on any atom is -0.324 e. The quantitative estimate of drug-likeness (QED) is 0.491. The van der Waals surface area contributed by atoms with E-state index in [9.17, 15) is 0 Å². The summed E-state index contributed by atoms with van der Waals surface area (Å²) in [7, 11) is 0. The van der Waals surface area contributed by atoms with Crippen LogP contribution >= 0.6 is 0 Å². The van der Waals surface area contributed by atoms with Crippen molar-refractivity contribution in [3.8, 4) is 0 Å². The summed E-state index contributed by atoms with van der Waals surface area (Å²) in [6.07, 6.45) is 4.35. The first-order chi connectivity index (χ1) is 5.40. The number of aromatic nitrogens is 1. The maximum absolute atomic E-state index is 5.26. The fourth-order valence-corrected chi connectivity index (χ4v) is 1.14. The maximum Gasteiger partial charge on any atom is 0.0518 e. The van der Waals surface area contributed by atoms with Crippen LogP contribution in [0.3, 0.4) is 0 Å². The average molecular weight is 149 g/mol. The van der Waals surface area contributed by atoms with Crippen molar-refractivity contribution in [2.45, 2.75) is 18.8 Å². The van der Waals surface area contributed by atoms with Gasteiger partial charge in [0.25, 0.3) is 0 Å². The van der Waals surface area contributed by atoms with Gasteiger partial charge >= 0.3 is 0 Å². The lowest BCUT2D eigenvalue weighted by Gasteiger charge is -2.00. The van der Waals surface area contributed by atoms with Crippen molar-refractivity contribution in [2.75, 3.05) is 5.43 Å². The number of nitrogens with two attached hydrogens (primary N) is 1. The zero-order valence-corrected chi connectivity index (χ0v) is 6.25. The lowest BCUT2D eigenvalue weighted by atomic mass is 10.2. The molecule has 11 heavy (non-hydrogen) atoms. The van der Waals surface area contributed by atoms with Crippen LogP contribution in [0.1, 0.15) is 24.5 Å². The number of hydrazine groups is 1. The van der Waals surface area contributed by atoms with E-state index in [0.29, 0.717) is 5.92 Å². The van der Waals surface area contributed by atoms with E-state index in [1.165, 1.54) is 18.5 Å². The van der Waals surface area contributed by atoms with Crippen molar-refractivity contribution in [3.05, 3.63) is 24.0 Å². The number of hydrogen-bond donors (Lipinski definition) is 2. The number of rotatable bonds is 2. The van der Waals surface area contributed by atoms with E-state index in [1.807, 2.05) is 12.1 Å². The molecule has 0 aliphatic heterocycles. The van der Waals surface area contributed by atoms with Crippen LogP contribution in [-0.4, -0.2) is 4.98 Å². The van der Waals surface area contributed by atoms with Crippen LogP contribution in [0.25, 0.3) is 0 Å². The van der Waals surface area contributed by atoms with Crippen LogP contribution in [0, 0.1) is 0 Å². The van der Waals surface area contributed by atoms with Gasteiger partial charge in [0.2, 0.25) is 0 Å². The highest BCUT2D eigenvalue weighted by molar-refractivity contribution is 5.43. The van der Waals surface area contributed by atoms with Crippen LogP contribution in [-0.2, 0) is 0 Å². The molecule has 3 N–H and O–H groups in total. The normalized spacial score (nSPS) is 16.5. The van der Waals surface area contributed by atoms with E-state index in [4.69, 9.17) is 5.84 Å². The van der Waals surface area contributed by atoms with Crippen LogP contribution in [0.4, 0.5) is 5.69 Å². The summed E-state index contributed by atoms with van der Waals surface area (Å²) >= 11 is 0.